The third-order valence-corrected chi connectivity index (χ3v) is 4.01. The predicted octanol–water partition coefficient (Wildman–Crippen LogP) is 5.27. The Hall–Kier alpha value is -1.05. The van der Waals surface area contributed by atoms with Gasteiger partial charge < -0.3 is 5.32 Å². The number of pyridine rings is 1. The van der Waals surface area contributed by atoms with E-state index in [9.17, 15) is 0 Å². The molecule has 2 nitrogen and oxygen atoms in total. The van der Waals surface area contributed by atoms with Gasteiger partial charge in [-0.15, -0.1) is 0 Å². The molecule has 1 heterocycles. The number of hydrogen-bond donors (Lipinski definition) is 1. The molecular weight excluding hydrogens is 232 g/mol. The zero-order chi connectivity index (χ0) is 13.9. The van der Waals surface area contributed by atoms with Crippen LogP contribution in [0.15, 0.2) is 24.5 Å². The fraction of sp³-hybridized carbons (Fsp3) is 0.706. The quantitative estimate of drug-likeness (QED) is 0.621. The summed E-state index contributed by atoms with van der Waals surface area (Å²) in [5, 5.41) is 3.62. The molecule has 2 unspecified atom stereocenters. The van der Waals surface area contributed by atoms with Crippen molar-refractivity contribution in [3.8, 4) is 0 Å². The molecule has 0 bridgehead atoms. The monoisotopic (exact) mass is 262 g/mol. The van der Waals surface area contributed by atoms with Gasteiger partial charge in [-0.05, 0) is 37.3 Å². The van der Waals surface area contributed by atoms with E-state index >= 15 is 0 Å². The predicted molar refractivity (Wildman–Crippen MR) is 84.5 cm³/mol. The molecule has 0 aromatic carbocycles. The Labute approximate surface area is 119 Å². The smallest absolute Gasteiger partial charge is 0.0373 e. The van der Waals surface area contributed by atoms with Gasteiger partial charge in [-0.25, -0.2) is 0 Å². The second-order valence-electron chi connectivity index (χ2n) is 5.48. The Balaban J connectivity index is 2.35. The molecule has 0 aliphatic heterocycles. The average Bonchev–Trinajstić information content (AvgIpc) is 2.47. The van der Waals surface area contributed by atoms with Crippen LogP contribution < -0.4 is 5.32 Å². The van der Waals surface area contributed by atoms with Crippen LogP contribution in [-0.2, 0) is 0 Å². The zero-order valence-electron chi connectivity index (χ0n) is 12.9. The lowest BCUT2D eigenvalue weighted by molar-refractivity contribution is 0.394. The Bertz CT molecular complexity index is 310. The molecule has 1 N–H and O–H groups in total. The SMILES string of the molecule is CCCCC(CC)CCC(CC)Nc1ccncc1. The van der Waals surface area contributed by atoms with E-state index < -0.39 is 0 Å². The molecule has 2 atom stereocenters. The third-order valence-electron chi connectivity index (χ3n) is 4.01. The van der Waals surface area contributed by atoms with E-state index in [1.54, 1.807) is 0 Å². The van der Waals surface area contributed by atoms with Crippen LogP contribution >= 0.6 is 0 Å². The summed E-state index contributed by atoms with van der Waals surface area (Å²) in [6, 6.07) is 4.70. The van der Waals surface area contributed by atoms with E-state index in [0.717, 1.165) is 5.92 Å². The number of nitrogens with zero attached hydrogens (tertiary/aromatic N) is 1. The van der Waals surface area contributed by atoms with Crippen molar-refractivity contribution in [3.05, 3.63) is 24.5 Å². The molecule has 0 aliphatic carbocycles. The van der Waals surface area contributed by atoms with Gasteiger partial charge in [-0.1, -0.05) is 46.5 Å². The second kappa shape index (κ2) is 9.82. The van der Waals surface area contributed by atoms with Crippen molar-refractivity contribution in [1.82, 2.24) is 4.98 Å². The minimum atomic E-state index is 0.595. The molecule has 0 aliphatic rings. The summed E-state index contributed by atoms with van der Waals surface area (Å²) in [4.78, 5) is 4.06. The van der Waals surface area contributed by atoms with E-state index in [1.807, 2.05) is 12.4 Å². The molecule has 1 aromatic heterocycles. The largest absolute Gasteiger partial charge is 0.382 e. The van der Waals surface area contributed by atoms with E-state index in [0.29, 0.717) is 6.04 Å². The van der Waals surface area contributed by atoms with Gasteiger partial charge in [0.05, 0.1) is 0 Å². The van der Waals surface area contributed by atoms with Crippen molar-refractivity contribution in [1.29, 1.82) is 0 Å². The maximum atomic E-state index is 4.06. The number of aromatic nitrogens is 1. The summed E-state index contributed by atoms with van der Waals surface area (Å²) in [5.41, 5.74) is 1.20. The standard InChI is InChI=1S/C17H30N2/c1-4-7-8-15(5-2)9-10-16(6-3)19-17-11-13-18-14-12-17/h11-16H,4-10H2,1-3H3,(H,18,19). The van der Waals surface area contributed by atoms with Crippen LogP contribution in [0.2, 0.25) is 0 Å². The van der Waals surface area contributed by atoms with Crippen LogP contribution in [0.3, 0.4) is 0 Å². The lowest BCUT2D eigenvalue weighted by atomic mass is 9.92. The summed E-state index contributed by atoms with van der Waals surface area (Å²) < 4.78 is 0. The van der Waals surface area contributed by atoms with Crippen molar-refractivity contribution in [2.75, 3.05) is 5.32 Å². The highest BCUT2D eigenvalue weighted by Gasteiger charge is 2.11. The number of unbranched alkanes of at least 4 members (excludes halogenated alkanes) is 1. The fourth-order valence-corrected chi connectivity index (χ4v) is 2.54. The van der Waals surface area contributed by atoms with E-state index in [2.05, 4.69) is 43.2 Å². The van der Waals surface area contributed by atoms with Crippen molar-refractivity contribution in [2.24, 2.45) is 5.92 Å². The minimum Gasteiger partial charge on any atom is -0.382 e. The van der Waals surface area contributed by atoms with Crippen LogP contribution in [0.4, 0.5) is 5.69 Å². The van der Waals surface area contributed by atoms with Crippen molar-refractivity contribution < 1.29 is 0 Å². The van der Waals surface area contributed by atoms with Gasteiger partial charge in [0.25, 0.3) is 0 Å². The van der Waals surface area contributed by atoms with E-state index in [-0.39, 0.29) is 0 Å². The highest BCUT2D eigenvalue weighted by Crippen LogP contribution is 2.21. The Morgan fingerprint density at radius 3 is 2.32 bits per heavy atom. The molecule has 1 rings (SSSR count). The first kappa shape index (κ1) is 16.0. The average molecular weight is 262 g/mol. The van der Waals surface area contributed by atoms with Crippen molar-refractivity contribution >= 4 is 5.69 Å². The van der Waals surface area contributed by atoms with Crippen LogP contribution in [0.25, 0.3) is 0 Å². The summed E-state index contributed by atoms with van der Waals surface area (Å²) in [6.45, 7) is 6.88. The van der Waals surface area contributed by atoms with Gasteiger partial charge >= 0.3 is 0 Å². The van der Waals surface area contributed by atoms with Gasteiger partial charge in [0.1, 0.15) is 0 Å². The molecule has 19 heavy (non-hydrogen) atoms. The van der Waals surface area contributed by atoms with Gasteiger partial charge in [0, 0.05) is 24.1 Å². The summed E-state index contributed by atoms with van der Waals surface area (Å²) in [7, 11) is 0. The molecule has 0 saturated carbocycles. The fourth-order valence-electron chi connectivity index (χ4n) is 2.54. The number of rotatable bonds is 10. The molecule has 0 radical (unpaired) electrons. The second-order valence-corrected chi connectivity index (χ2v) is 5.48. The first-order valence-corrected chi connectivity index (χ1v) is 7.96. The molecule has 0 spiro atoms. The van der Waals surface area contributed by atoms with Gasteiger partial charge in [0.15, 0.2) is 0 Å². The maximum absolute atomic E-state index is 4.06. The Morgan fingerprint density at radius 2 is 1.74 bits per heavy atom. The number of nitrogens with one attached hydrogen (secondary N) is 1. The van der Waals surface area contributed by atoms with Gasteiger partial charge in [0.2, 0.25) is 0 Å². The Morgan fingerprint density at radius 1 is 1.00 bits per heavy atom. The molecule has 1 aromatic rings. The lowest BCUT2D eigenvalue weighted by Gasteiger charge is -2.21. The molecule has 0 amide bonds. The molecular formula is C17H30N2. The number of anilines is 1. The summed E-state index contributed by atoms with van der Waals surface area (Å²) in [6.07, 6.45) is 13.0. The van der Waals surface area contributed by atoms with Crippen molar-refractivity contribution in [3.63, 3.8) is 0 Å². The van der Waals surface area contributed by atoms with E-state index in [1.165, 1.54) is 50.6 Å². The van der Waals surface area contributed by atoms with Crippen LogP contribution in [-0.4, -0.2) is 11.0 Å². The molecule has 0 fully saturated rings. The highest BCUT2D eigenvalue weighted by molar-refractivity contribution is 5.41. The zero-order valence-corrected chi connectivity index (χ0v) is 12.9. The summed E-state index contributed by atoms with van der Waals surface area (Å²) >= 11 is 0. The molecule has 2 heteroatoms. The first-order valence-electron chi connectivity index (χ1n) is 7.96. The number of hydrogen-bond acceptors (Lipinski definition) is 2. The van der Waals surface area contributed by atoms with Crippen LogP contribution in [0.5, 0.6) is 0 Å². The maximum Gasteiger partial charge on any atom is 0.0373 e. The molecule has 0 saturated heterocycles. The first-order chi connectivity index (χ1) is 9.30. The Kier molecular flexibility index (Phi) is 8.28. The van der Waals surface area contributed by atoms with Crippen LogP contribution in [0.1, 0.15) is 65.7 Å². The molecule has 108 valence electrons. The van der Waals surface area contributed by atoms with Crippen molar-refractivity contribution in [2.45, 2.75) is 71.8 Å². The minimum absolute atomic E-state index is 0.595. The lowest BCUT2D eigenvalue weighted by Crippen LogP contribution is -2.19. The summed E-state index contributed by atoms with van der Waals surface area (Å²) in [5.74, 6) is 0.910. The van der Waals surface area contributed by atoms with E-state index in [4.69, 9.17) is 0 Å². The topological polar surface area (TPSA) is 24.9 Å². The van der Waals surface area contributed by atoms with Crippen LogP contribution in [0, 0.1) is 5.92 Å². The van der Waals surface area contributed by atoms with Gasteiger partial charge in [-0.2, -0.15) is 0 Å². The normalized spacial score (nSPS) is 14.1. The third kappa shape index (κ3) is 6.60. The van der Waals surface area contributed by atoms with Gasteiger partial charge in [-0.3, -0.25) is 4.98 Å². The highest BCUT2D eigenvalue weighted by atomic mass is 14.9.